The van der Waals surface area contributed by atoms with Crippen LogP contribution in [-0.4, -0.2) is 34.7 Å². The SMILES string of the molecule is COc1cc(O)cc(OC)c1N=Nc1ccc2n[nH]nc2c1. The molecule has 0 saturated heterocycles. The Kier molecular flexibility index (Phi) is 3.57. The Balaban J connectivity index is 2.00. The number of methoxy groups -OCH3 is 2. The van der Waals surface area contributed by atoms with Gasteiger partial charge in [0.1, 0.15) is 16.8 Å². The molecule has 1 aromatic heterocycles. The summed E-state index contributed by atoms with van der Waals surface area (Å²) < 4.78 is 10.4. The third-order valence-corrected chi connectivity index (χ3v) is 3.03. The zero-order chi connectivity index (χ0) is 15.5. The van der Waals surface area contributed by atoms with Gasteiger partial charge in [-0.2, -0.15) is 20.5 Å². The standard InChI is InChI=1S/C14H13N5O3/c1-21-12-6-9(20)7-13(22-2)14(12)18-15-8-3-4-10-11(5-8)17-19-16-10/h3-7,20H,1-2H3,(H,16,17,19). The van der Waals surface area contributed by atoms with Crippen molar-refractivity contribution in [2.45, 2.75) is 0 Å². The lowest BCUT2D eigenvalue weighted by Crippen LogP contribution is -1.88. The van der Waals surface area contributed by atoms with Gasteiger partial charge in [0.2, 0.25) is 0 Å². The van der Waals surface area contributed by atoms with E-state index in [1.54, 1.807) is 18.2 Å². The van der Waals surface area contributed by atoms with Gasteiger partial charge >= 0.3 is 0 Å². The zero-order valence-electron chi connectivity index (χ0n) is 11.9. The number of azo groups is 1. The molecule has 0 amide bonds. The highest BCUT2D eigenvalue weighted by atomic mass is 16.5. The summed E-state index contributed by atoms with van der Waals surface area (Å²) in [6.07, 6.45) is 0. The number of hydrogen-bond acceptors (Lipinski definition) is 7. The minimum atomic E-state index is 0.0247. The molecule has 0 saturated carbocycles. The zero-order valence-corrected chi connectivity index (χ0v) is 11.9. The van der Waals surface area contributed by atoms with Crippen molar-refractivity contribution in [3.8, 4) is 17.2 Å². The van der Waals surface area contributed by atoms with Gasteiger partial charge in [-0.05, 0) is 18.2 Å². The van der Waals surface area contributed by atoms with Crippen LogP contribution in [0.4, 0.5) is 11.4 Å². The summed E-state index contributed by atoms with van der Waals surface area (Å²) in [4.78, 5) is 0. The second kappa shape index (κ2) is 5.68. The summed E-state index contributed by atoms with van der Waals surface area (Å²) in [7, 11) is 2.96. The van der Waals surface area contributed by atoms with E-state index in [9.17, 15) is 5.11 Å². The van der Waals surface area contributed by atoms with E-state index in [2.05, 4.69) is 25.6 Å². The summed E-state index contributed by atoms with van der Waals surface area (Å²) in [6, 6.07) is 8.20. The maximum atomic E-state index is 9.61. The van der Waals surface area contributed by atoms with Gasteiger partial charge in [0.15, 0.2) is 17.2 Å². The largest absolute Gasteiger partial charge is 0.508 e. The van der Waals surface area contributed by atoms with Crippen molar-refractivity contribution < 1.29 is 14.6 Å². The Morgan fingerprint density at radius 3 is 2.32 bits per heavy atom. The Hall–Kier alpha value is -3.16. The summed E-state index contributed by atoms with van der Waals surface area (Å²) in [5.74, 6) is 0.753. The minimum Gasteiger partial charge on any atom is -0.508 e. The average Bonchev–Trinajstić information content (AvgIpc) is 3.00. The van der Waals surface area contributed by atoms with Crippen LogP contribution in [0.1, 0.15) is 0 Å². The molecule has 0 bridgehead atoms. The summed E-state index contributed by atoms with van der Waals surface area (Å²) in [5.41, 5.74) is 2.45. The second-order valence-electron chi connectivity index (χ2n) is 4.40. The molecule has 3 rings (SSSR count). The number of phenols is 1. The first-order valence-corrected chi connectivity index (χ1v) is 6.38. The van der Waals surface area contributed by atoms with Crippen LogP contribution in [0.3, 0.4) is 0 Å². The van der Waals surface area contributed by atoms with Crippen LogP contribution in [0, 0.1) is 0 Å². The van der Waals surface area contributed by atoms with Crippen molar-refractivity contribution in [1.82, 2.24) is 15.4 Å². The van der Waals surface area contributed by atoms with Gasteiger partial charge < -0.3 is 14.6 Å². The van der Waals surface area contributed by atoms with Gasteiger partial charge in [0.05, 0.1) is 19.9 Å². The molecule has 8 nitrogen and oxygen atoms in total. The quantitative estimate of drug-likeness (QED) is 0.720. The third kappa shape index (κ3) is 2.53. The highest BCUT2D eigenvalue weighted by molar-refractivity contribution is 5.77. The number of fused-ring (bicyclic) bond motifs is 1. The molecule has 2 N–H and O–H groups in total. The summed E-state index contributed by atoms with van der Waals surface area (Å²) in [5, 5.41) is 28.4. The Morgan fingerprint density at radius 1 is 0.955 bits per heavy atom. The lowest BCUT2D eigenvalue weighted by Gasteiger charge is -2.09. The molecule has 112 valence electrons. The van der Waals surface area contributed by atoms with Crippen LogP contribution < -0.4 is 9.47 Å². The molecule has 0 aliphatic heterocycles. The monoisotopic (exact) mass is 299 g/mol. The first kappa shape index (κ1) is 13.8. The molecule has 0 unspecified atom stereocenters. The highest BCUT2D eigenvalue weighted by Gasteiger charge is 2.12. The molecule has 0 spiro atoms. The van der Waals surface area contributed by atoms with Gasteiger partial charge in [-0.1, -0.05) is 0 Å². The smallest absolute Gasteiger partial charge is 0.170 e. The molecular weight excluding hydrogens is 286 g/mol. The number of hydrogen-bond donors (Lipinski definition) is 2. The first-order valence-electron chi connectivity index (χ1n) is 6.38. The Bertz CT molecular complexity index is 818. The molecule has 22 heavy (non-hydrogen) atoms. The summed E-state index contributed by atoms with van der Waals surface area (Å²) >= 11 is 0. The lowest BCUT2D eigenvalue weighted by atomic mass is 10.2. The third-order valence-electron chi connectivity index (χ3n) is 3.03. The van der Waals surface area contributed by atoms with Crippen molar-refractivity contribution >= 4 is 22.4 Å². The van der Waals surface area contributed by atoms with Crippen molar-refractivity contribution in [3.63, 3.8) is 0 Å². The Morgan fingerprint density at radius 2 is 1.64 bits per heavy atom. The Labute approximate surface area is 125 Å². The van der Waals surface area contributed by atoms with E-state index < -0.39 is 0 Å². The van der Waals surface area contributed by atoms with Crippen molar-refractivity contribution in [3.05, 3.63) is 30.3 Å². The molecule has 8 heteroatoms. The van der Waals surface area contributed by atoms with Crippen LogP contribution in [-0.2, 0) is 0 Å². The predicted octanol–water partition coefficient (Wildman–Crippen LogP) is 3.10. The van der Waals surface area contributed by atoms with Crippen molar-refractivity contribution in [2.75, 3.05) is 14.2 Å². The molecule has 2 aromatic carbocycles. The van der Waals surface area contributed by atoms with Crippen molar-refractivity contribution in [2.24, 2.45) is 10.2 Å². The van der Waals surface area contributed by atoms with Gasteiger partial charge in [-0.25, -0.2) is 0 Å². The van der Waals surface area contributed by atoms with Crippen LogP contribution in [0.5, 0.6) is 17.2 Å². The number of ether oxygens (including phenoxy) is 2. The second-order valence-corrected chi connectivity index (χ2v) is 4.40. The van der Waals surface area contributed by atoms with Crippen LogP contribution >= 0.6 is 0 Å². The van der Waals surface area contributed by atoms with E-state index >= 15 is 0 Å². The number of phenolic OH excluding ortho intramolecular Hbond substituents is 1. The van der Waals surface area contributed by atoms with Crippen molar-refractivity contribution in [1.29, 1.82) is 0 Å². The maximum Gasteiger partial charge on any atom is 0.170 e. The number of nitrogens with one attached hydrogen (secondary N) is 1. The molecule has 0 aliphatic carbocycles. The number of nitrogens with zero attached hydrogens (tertiary/aromatic N) is 4. The fourth-order valence-electron chi connectivity index (χ4n) is 1.98. The van der Waals surface area contributed by atoms with E-state index in [-0.39, 0.29) is 5.75 Å². The topological polar surface area (TPSA) is 105 Å². The highest BCUT2D eigenvalue weighted by Crippen LogP contribution is 2.41. The number of benzene rings is 2. The molecular formula is C14H13N5O3. The lowest BCUT2D eigenvalue weighted by molar-refractivity contribution is 0.387. The molecule has 0 aliphatic rings. The van der Waals surface area contributed by atoms with Gasteiger partial charge in [0.25, 0.3) is 0 Å². The predicted molar refractivity (Wildman–Crippen MR) is 79.3 cm³/mol. The van der Waals surface area contributed by atoms with E-state index in [4.69, 9.17) is 9.47 Å². The number of aromatic hydroxyl groups is 1. The number of aromatic amines is 1. The summed E-state index contributed by atoms with van der Waals surface area (Å²) in [6.45, 7) is 0. The van der Waals surface area contributed by atoms with Gasteiger partial charge in [-0.3, -0.25) is 0 Å². The van der Waals surface area contributed by atoms with E-state index in [1.165, 1.54) is 26.4 Å². The average molecular weight is 299 g/mol. The van der Waals surface area contributed by atoms with Crippen LogP contribution in [0.25, 0.3) is 11.0 Å². The van der Waals surface area contributed by atoms with Crippen LogP contribution in [0.15, 0.2) is 40.6 Å². The van der Waals surface area contributed by atoms with E-state index in [0.717, 1.165) is 5.52 Å². The molecule has 0 fully saturated rings. The fourth-order valence-corrected chi connectivity index (χ4v) is 1.98. The van der Waals surface area contributed by atoms with E-state index in [1.807, 2.05) is 0 Å². The number of rotatable bonds is 4. The molecule has 3 aromatic rings. The number of aromatic nitrogens is 3. The maximum absolute atomic E-state index is 9.61. The minimum absolute atomic E-state index is 0.0247. The van der Waals surface area contributed by atoms with Crippen LogP contribution in [0.2, 0.25) is 0 Å². The van der Waals surface area contributed by atoms with Gasteiger partial charge in [0, 0.05) is 12.1 Å². The molecule has 0 radical (unpaired) electrons. The van der Waals surface area contributed by atoms with E-state index in [0.29, 0.717) is 28.4 Å². The molecule has 1 heterocycles. The fraction of sp³-hybridized carbons (Fsp3) is 0.143. The molecule has 0 atom stereocenters. The van der Waals surface area contributed by atoms with Gasteiger partial charge in [-0.15, -0.1) is 5.11 Å². The first-order chi connectivity index (χ1) is 10.7. The number of H-pyrrole nitrogens is 1. The normalized spacial score (nSPS) is 11.2.